The van der Waals surface area contributed by atoms with Gasteiger partial charge in [-0.1, -0.05) is 11.6 Å². The molecular weight excluding hydrogens is 421 g/mol. The molecule has 4 heterocycles. The molecule has 1 aliphatic heterocycles. The van der Waals surface area contributed by atoms with Crippen LogP contribution in [0.1, 0.15) is 17.4 Å². The molecular formula is C21H19ClFN7O. The van der Waals surface area contributed by atoms with Crippen LogP contribution in [0.4, 0.5) is 10.3 Å². The Morgan fingerprint density at radius 1 is 1.19 bits per heavy atom. The van der Waals surface area contributed by atoms with Crippen molar-refractivity contribution in [3.05, 3.63) is 58.9 Å². The molecule has 158 valence electrons. The first-order valence-corrected chi connectivity index (χ1v) is 10.2. The van der Waals surface area contributed by atoms with Gasteiger partial charge in [-0.25, -0.2) is 19.3 Å². The number of rotatable bonds is 3. The molecule has 0 aliphatic carbocycles. The normalized spacial score (nSPS) is 16.8. The maximum absolute atomic E-state index is 14.8. The first-order chi connectivity index (χ1) is 15.0. The molecule has 8 nitrogen and oxygen atoms in total. The van der Waals surface area contributed by atoms with Gasteiger partial charge in [0.05, 0.1) is 25.0 Å². The van der Waals surface area contributed by atoms with Crippen LogP contribution in [-0.2, 0) is 11.8 Å². The lowest BCUT2D eigenvalue weighted by atomic mass is 10.1. The molecule has 1 atom stereocenters. The minimum atomic E-state index is -0.476. The van der Waals surface area contributed by atoms with Crippen LogP contribution in [-0.4, -0.2) is 49.4 Å². The Kier molecular flexibility index (Phi) is 4.99. The van der Waals surface area contributed by atoms with Crippen LogP contribution in [0, 0.1) is 12.7 Å². The van der Waals surface area contributed by atoms with E-state index < -0.39 is 5.82 Å². The summed E-state index contributed by atoms with van der Waals surface area (Å²) in [6.45, 7) is 3.48. The van der Waals surface area contributed by atoms with E-state index in [-0.39, 0.29) is 6.10 Å². The summed E-state index contributed by atoms with van der Waals surface area (Å²) in [5.41, 5.74) is 3.23. The van der Waals surface area contributed by atoms with Crippen LogP contribution < -0.4 is 4.90 Å². The second kappa shape index (κ2) is 7.82. The lowest BCUT2D eigenvalue weighted by Gasteiger charge is -2.32. The number of hydrogen-bond donors (Lipinski definition) is 0. The highest BCUT2D eigenvalue weighted by Gasteiger charge is 2.26. The first-order valence-electron chi connectivity index (χ1n) is 9.80. The smallest absolute Gasteiger partial charge is 0.228 e. The van der Waals surface area contributed by atoms with Crippen molar-refractivity contribution in [1.82, 2.24) is 29.7 Å². The molecule has 0 saturated carbocycles. The Hall–Kier alpha value is -3.17. The summed E-state index contributed by atoms with van der Waals surface area (Å²) >= 11 is 5.94. The van der Waals surface area contributed by atoms with Crippen molar-refractivity contribution in [2.45, 2.75) is 13.0 Å². The lowest BCUT2D eigenvalue weighted by Crippen LogP contribution is -2.39. The van der Waals surface area contributed by atoms with Gasteiger partial charge in [-0.05, 0) is 25.1 Å². The third kappa shape index (κ3) is 3.82. The molecule has 0 bridgehead atoms. The molecule has 0 N–H and O–H groups in total. The highest BCUT2D eigenvalue weighted by molar-refractivity contribution is 6.30. The van der Waals surface area contributed by atoms with Crippen molar-refractivity contribution < 1.29 is 9.13 Å². The van der Waals surface area contributed by atoms with Crippen molar-refractivity contribution in [3.8, 4) is 11.3 Å². The van der Waals surface area contributed by atoms with Crippen LogP contribution in [0.3, 0.4) is 0 Å². The number of halogens is 2. The van der Waals surface area contributed by atoms with E-state index in [0.717, 1.165) is 11.3 Å². The molecule has 1 aliphatic rings. The van der Waals surface area contributed by atoms with E-state index in [0.29, 0.717) is 53.1 Å². The van der Waals surface area contributed by atoms with Gasteiger partial charge in [0.1, 0.15) is 23.1 Å². The number of morpholine rings is 1. The molecule has 0 amide bonds. The van der Waals surface area contributed by atoms with Gasteiger partial charge in [-0.15, -0.1) is 0 Å². The average Bonchev–Trinajstić information content (AvgIpc) is 3.19. The van der Waals surface area contributed by atoms with Gasteiger partial charge in [0.25, 0.3) is 0 Å². The van der Waals surface area contributed by atoms with Crippen molar-refractivity contribution >= 4 is 28.7 Å². The van der Waals surface area contributed by atoms with Gasteiger partial charge in [0.2, 0.25) is 5.95 Å². The fourth-order valence-electron chi connectivity index (χ4n) is 3.63. The molecule has 5 rings (SSSR count). The molecule has 1 fully saturated rings. The van der Waals surface area contributed by atoms with Gasteiger partial charge in [-0.3, -0.25) is 4.68 Å². The van der Waals surface area contributed by atoms with Gasteiger partial charge in [0.15, 0.2) is 5.65 Å². The summed E-state index contributed by atoms with van der Waals surface area (Å²) in [6, 6.07) is 4.49. The van der Waals surface area contributed by atoms with Crippen LogP contribution >= 0.6 is 11.6 Å². The van der Waals surface area contributed by atoms with Crippen molar-refractivity contribution in [2.75, 3.05) is 24.6 Å². The minimum Gasteiger partial charge on any atom is -0.370 e. The molecule has 0 radical (unpaired) electrons. The standard InChI is InChI=1S/C21H19ClFN7O/c1-12-8-24-19-18(15-4-3-14(22)7-16(15)23)27-21(28-20(19)26-12)30-5-6-31-17(11-30)13-9-25-29(2)10-13/h3-4,7-10,17H,5-6,11H2,1-2H3/t17-/m0/s1. The number of ether oxygens (including phenoxy) is 1. The maximum Gasteiger partial charge on any atom is 0.228 e. The number of fused-ring (bicyclic) bond motifs is 1. The van der Waals surface area contributed by atoms with Crippen molar-refractivity contribution in [1.29, 1.82) is 0 Å². The maximum atomic E-state index is 14.8. The zero-order valence-corrected chi connectivity index (χ0v) is 17.7. The van der Waals surface area contributed by atoms with E-state index in [2.05, 4.69) is 20.1 Å². The SMILES string of the molecule is Cc1cnc2c(-c3ccc(Cl)cc3F)nc(N3CCO[C@H](c4cnn(C)c4)C3)nc2n1. The Balaban J connectivity index is 1.60. The number of anilines is 1. The van der Waals surface area contributed by atoms with Crippen LogP contribution in [0.25, 0.3) is 22.4 Å². The molecule has 4 aromatic rings. The number of aromatic nitrogens is 6. The summed E-state index contributed by atoms with van der Waals surface area (Å²) in [6.07, 6.45) is 5.17. The molecule has 3 aromatic heterocycles. The molecule has 10 heteroatoms. The summed E-state index contributed by atoms with van der Waals surface area (Å²) in [4.78, 5) is 20.3. The predicted molar refractivity (Wildman–Crippen MR) is 114 cm³/mol. The van der Waals surface area contributed by atoms with Crippen molar-refractivity contribution in [3.63, 3.8) is 0 Å². The van der Waals surface area contributed by atoms with Crippen LogP contribution in [0.5, 0.6) is 0 Å². The fourth-order valence-corrected chi connectivity index (χ4v) is 3.79. The third-order valence-electron chi connectivity index (χ3n) is 5.15. The van der Waals surface area contributed by atoms with E-state index in [1.165, 1.54) is 6.07 Å². The fraction of sp³-hybridized carbons (Fsp3) is 0.286. The summed E-state index contributed by atoms with van der Waals surface area (Å²) in [5.74, 6) is -0.0232. The zero-order valence-electron chi connectivity index (χ0n) is 17.0. The summed E-state index contributed by atoms with van der Waals surface area (Å²) < 4.78 is 22.4. The van der Waals surface area contributed by atoms with Gasteiger partial charge < -0.3 is 9.64 Å². The quantitative estimate of drug-likeness (QED) is 0.483. The topological polar surface area (TPSA) is 81.9 Å². The first kappa shape index (κ1) is 19.8. The number of hydrogen-bond acceptors (Lipinski definition) is 7. The summed E-state index contributed by atoms with van der Waals surface area (Å²) in [5, 5.41) is 4.54. The van der Waals surface area contributed by atoms with E-state index in [1.54, 1.807) is 29.2 Å². The van der Waals surface area contributed by atoms with E-state index in [1.807, 2.05) is 25.1 Å². The summed E-state index contributed by atoms with van der Waals surface area (Å²) in [7, 11) is 1.87. The Labute approximate surface area is 182 Å². The molecule has 31 heavy (non-hydrogen) atoms. The highest BCUT2D eigenvalue weighted by Crippen LogP contribution is 2.31. The highest BCUT2D eigenvalue weighted by atomic mass is 35.5. The minimum absolute atomic E-state index is 0.166. The predicted octanol–water partition coefficient (Wildman–Crippen LogP) is 3.50. The lowest BCUT2D eigenvalue weighted by molar-refractivity contribution is 0.0392. The molecule has 1 saturated heterocycles. The number of aryl methyl sites for hydroxylation is 2. The van der Waals surface area contributed by atoms with Gasteiger partial charge >= 0.3 is 0 Å². The van der Waals surface area contributed by atoms with Crippen LogP contribution in [0.2, 0.25) is 5.02 Å². The Morgan fingerprint density at radius 2 is 2.06 bits per heavy atom. The number of benzene rings is 1. The molecule has 0 spiro atoms. The number of nitrogens with zero attached hydrogens (tertiary/aromatic N) is 7. The van der Waals surface area contributed by atoms with Crippen LogP contribution in [0.15, 0.2) is 36.8 Å². The molecule has 1 aromatic carbocycles. The zero-order chi connectivity index (χ0) is 21.5. The van der Waals surface area contributed by atoms with Gasteiger partial charge in [0, 0.05) is 42.1 Å². The van der Waals surface area contributed by atoms with E-state index >= 15 is 0 Å². The second-order valence-corrected chi connectivity index (χ2v) is 7.87. The van der Waals surface area contributed by atoms with E-state index in [4.69, 9.17) is 21.3 Å². The van der Waals surface area contributed by atoms with Gasteiger partial charge in [-0.2, -0.15) is 10.1 Å². The Bertz CT molecular complexity index is 1280. The van der Waals surface area contributed by atoms with Crippen molar-refractivity contribution in [2.24, 2.45) is 7.05 Å². The average molecular weight is 440 g/mol. The Morgan fingerprint density at radius 3 is 2.84 bits per heavy atom. The molecule has 0 unspecified atom stereocenters. The van der Waals surface area contributed by atoms with E-state index in [9.17, 15) is 4.39 Å². The monoisotopic (exact) mass is 439 g/mol. The second-order valence-electron chi connectivity index (χ2n) is 7.43. The largest absolute Gasteiger partial charge is 0.370 e. The third-order valence-corrected chi connectivity index (χ3v) is 5.38.